The van der Waals surface area contributed by atoms with E-state index in [1.54, 1.807) is 10.7 Å². The Bertz CT molecular complexity index is 741. The Hall–Kier alpha value is -1.85. The highest BCUT2D eigenvalue weighted by molar-refractivity contribution is 6.30. The summed E-state index contributed by atoms with van der Waals surface area (Å²) < 4.78 is 1.70. The third-order valence-corrected chi connectivity index (χ3v) is 5.56. The second kappa shape index (κ2) is 6.22. The van der Waals surface area contributed by atoms with Gasteiger partial charge in [0.15, 0.2) is 5.69 Å². The Morgan fingerprint density at radius 3 is 2.75 bits per heavy atom. The molecule has 1 N–H and O–H groups in total. The number of halogens is 1. The second-order valence-corrected chi connectivity index (χ2v) is 7.28. The number of amides is 1. The van der Waals surface area contributed by atoms with E-state index in [0.717, 1.165) is 44.7 Å². The van der Waals surface area contributed by atoms with Crippen molar-refractivity contribution in [3.8, 4) is 5.69 Å². The van der Waals surface area contributed by atoms with Crippen molar-refractivity contribution in [2.75, 3.05) is 26.2 Å². The summed E-state index contributed by atoms with van der Waals surface area (Å²) in [6, 6.07) is 9.23. The van der Waals surface area contributed by atoms with Crippen molar-refractivity contribution < 1.29 is 4.79 Å². The molecule has 0 unspecified atom stereocenters. The highest BCUT2D eigenvalue weighted by atomic mass is 35.5. The van der Waals surface area contributed by atoms with Gasteiger partial charge in [-0.05, 0) is 55.5 Å². The smallest absolute Gasteiger partial charge is 0.274 e. The van der Waals surface area contributed by atoms with Crippen molar-refractivity contribution in [3.05, 3.63) is 47.2 Å². The summed E-state index contributed by atoms with van der Waals surface area (Å²) in [4.78, 5) is 14.7. The monoisotopic (exact) mass is 344 g/mol. The summed E-state index contributed by atoms with van der Waals surface area (Å²) in [5.74, 6) is 0.0246. The van der Waals surface area contributed by atoms with Crippen LogP contribution in [0.3, 0.4) is 0 Å². The molecule has 0 saturated carbocycles. The first-order valence-corrected chi connectivity index (χ1v) is 8.85. The van der Waals surface area contributed by atoms with Crippen molar-refractivity contribution in [3.63, 3.8) is 0 Å². The van der Waals surface area contributed by atoms with Crippen molar-refractivity contribution in [1.29, 1.82) is 0 Å². The topological polar surface area (TPSA) is 50.2 Å². The fraction of sp³-hybridized carbons (Fsp3) is 0.444. The van der Waals surface area contributed by atoms with Gasteiger partial charge in [-0.1, -0.05) is 17.7 Å². The molecule has 6 heteroatoms. The number of hydrogen-bond acceptors (Lipinski definition) is 3. The number of benzene rings is 1. The molecule has 24 heavy (non-hydrogen) atoms. The number of rotatable bonds is 2. The summed E-state index contributed by atoms with van der Waals surface area (Å²) in [7, 11) is 0. The van der Waals surface area contributed by atoms with Gasteiger partial charge in [-0.3, -0.25) is 4.79 Å². The van der Waals surface area contributed by atoms with Crippen molar-refractivity contribution in [1.82, 2.24) is 20.0 Å². The fourth-order valence-corrected chi connectivity index (χ4v) is 3.95. The van der Waals surface area contributed by atoms with Crippen LogP contribution in [0, 0.1) is 5.41 Å². The van der Waals surface area contributed by atoms with E-state index in [0.29, 0.717) is 16.1 Å². The number of hydrogen-bond donors (Lipinski definition) is 1. The van der Waals surface area contributed by atoms with Crippen LogP contribution in [0.1, 0.15) is 29.8 Å². The number of nitrogens with one attached hydrogen (secondary N) is 1. The Morgan fingerprint density at radius 2 is 2.04 bits per heavy atom. The maximum atomic E-state index is 12.7. The first kappa shape index (κ1) is 15.7. The zero-order valence-corrected chi connectivity index (χ0v) is 14.3. The van der Waals surface area contributed by atoms with Gasteiger partial charge in [-0.2, -0.15) is 5.10 Å². The number of likely N-dealkylation sites (tertiary alicyclic amines) is 1. The molecular formula is C18H21ClN4O. The zero-order chi connectivity index (χ0) is 16.6. The molecular weight excluding hydrogens is 324 g/mol. The minimum Gasteiger partial charge on any atom is -0.337 e. The van der Waals surface area contributed by atoms with E-state index < -0.39 is 0 Å². The van der Waals surface area contributed by atoms with Crippen LogP contribution in [0.5, 0.6) is 0 Å². The predicted octanol–water partition coefficient (Wildman–Crippen LogP) is 2.74. The third-order valence-electron chi connectivity index (χ3n) is 5.32. The van der Waals surface area contributed by atoms with Crippen molar-refractivity contribution >= 4 is 17.5 Å². The first-order chi connectivity index (χ1) is 11.7. The predicted molar refractivity (Wildman–Crippen MR) is 93.6 cm³/mol. The zero-order valence-electron chi connectivity index (χ0n) is 13.5. The molecule has 2 aliphatic heterocycles. The Balaban J connectivity index is 1.46. The van der Waals surface area contributed by atoms with Gasteiger partial charge < -0.3 is 10.2 Å². The highest BCUT2D eigenvalue weighted by Gasteiger charge is 2.38. The van der Waals surface area contributed by atoms with E-state index in [4.69, 9.17) is 11.6 Å². The minimum absolute atomic E-state index is 0.0246. The quantitative estimate of drug-likeness (QED) is 0.911. The lowest BCUT2D eigenvalue weighted by molar-refractivity contribution is 0.0601. The molecule has 3 heterocycles. The van der Waals surface area contributed by atoms with E-state index >= 15 is 0 Å². The van der Waals surface area contributed by atoms with Crippen molar-refractivity contribution in [2.24, 2.45) is 5.41 Å². The van der Waals surface area contributed by atoms with Crippen molar-refractivity contribution in [2.45, 2.75) is 19.3 Å². The van der Waals surface area contributed by atoms with Gasteiger partial charge in [-0.25, -0.2) is 4.68 Å². The lowest BCUT2D eigenvalue weighted by Crippen LogP contribution is -2.44. The van der Waals surface area contributed by atoms with Gasteiger partial charge in [-0.15, -0.1) is 0 Å². The van der Waals surface area contributed by atoms with Crippen LogP contribution in [-0.4, -0.2) is 46.8 Å². The van der Waals surface area contributed by atoms with E-state index in [1.807, 2.05) is 35.4 Å². The van der Waals surface area contributed by atoms with Crippen LogP contribution in [0.15, 0.2) is 36.5 Å². The van der Waals surface area contributed by atoms with Gasteiger partial charge in [0.05, 0.1) is 5.69 Å². The number of carbonyl (C=O) groups excluding carboxylic acids is 1. The van der Waals surface area contributed by atoms with E-state index in [-0.39, 0.29) is 5.91 Å². The molecule has 0 radical (unpaired) electrons. The molecule has 1 amide bonds. The summed E-state index contributed by atoms with van der Waals surface area (Å²) in [5.41, 5.74) is 1.77. The maximum absolute atomic E-state index is 12.7. The highest BCUT2D eigenvalue weighted by Crippen LogP contribution is 2.37. The SMILES string of the molecule is O=C(c1ccn(-c2cccc(Cl)c2)n1)N1CCC2(CCNC2)CC1. The van der Waals surface area contributed by atoms with Gasteiger partial charge in [0.1, 0.15) is 0 Å². The summed E-state index contributed by atoms with van der Waals surface area (Å²) in [6.45, 7) is 3.85. The van der Waals surface area contributed by atoms with Crippen LogP contribution in [0.4, 0.5) is 0 Å². The van der Waals surface area contributed by atoms with Gasteiger partial charge >= 0.3 is 0 Å². The molecule has 1 spiro atoms. The summed E-state index contributed by atoms with van der Waals surface area (Å²) >= 11 is 6.02. The van der Waals surface area contributed by atoms with Crippen LogP contribution in [-0.2, 0) is 0 Å². The van der Waals surface area contributed by atoms with Gasteiger partial charge in [0.25, 0.3) is 5.91 Å². The maximum Gasteiger partial charge on any atom is 0.274 e. The number of aromatic nitrogens is 2. The Labute approximate surface area is 146 Å². The molecule has 0 aliphatic carbocycles. The fourth-order valence-electron chi connectivity index (χ4n) is 3.77. The normalized spacial score (nSPS) is 19.8. The number of piperidine rings is 1. The largest absolute Gasteiger partial charge is 0.337 e. The molecule has 4 rings (SSSR count). The van der Waals surface area contributed by atoms with E-state index in [2.05, 4.69) is 10.4 Å². The van der Waals surface area contributed by atoms with Crippen LogP contribution in [0.2, 0.25) is 5.02 Å². The van der Waals surface area contributed by atoms with E-state index in [9.17, 15) is 4.79 Å². The summed E-state index contributed by atoms with van der Waals surface area (Å²) in [6.07, 6.45) is 5.21. The molecule has 2 fully saturated rings. The third kappa shape index (κ3) is 2.94. The number of carbonyl (C=O) groups is 1. The van der Waals surface area contributed by atoms with Crippen LogP contribution >= 0.6 is 11.6 Å². The van der Waals surface area contributed by atoms with Crippen LogP contribution in [0.25, 0.3) is 5.69 Å². The summed E-state index contributed by atoms with van der Waals surface area (Å²) in [5, 5.41) is 8.55. The average Bonchev–Trinajstić information content (AvgIpc) is 3.25. The molecule has 0 atom stereocenters. The van der Waals surface area contributed by atoms with E-state index in [1.165, 1.54) is 6.42 Å². The molecule has 2 aromatic rings. The van der Waals surface area contributed by atoms with Gasteiger partial charge in [0, 0.05) is 30.9 Å². The Morgan fingerprint density at radius 1 is 1.21 bits per heavy atom. The standard InChI is InChI=1S/C18H21ClN4O/c19-14-2-1-3-15(12-14)23-9-4-16(21-23)17(24)22-10-6-18(7-11-22)5-8-20-13-18/h1-4,9,12,20H,5-8,10-11,13H2. The lowest BCUT2D eigenvalue weighted by atomic mass is 9.78. The molecule has 0 bridgehead atoms. The number of nitrogens with zero attached hydrogens (tertiary/aromatic N) is 3. The van der Waals surface area contributed by atoms with Crippen LogP contribution < -0.4 is 5.32 Å². The second-order valence-electron chi connectivity index (χ2n) is 6.84. The molecule has 126 valence electrons. The molecule has 2 aliphatic rings. The molecule has 2 saturated heterocycles. The lowest BCUT2D eigenvalue weighted by Gasteiger charge is -2.38. The molecule has 1 aromatic carbocycles. The Kier molecular flexibility index (Phi) is 4.06. The minimum atomic E-state index is 0.0246. The first-order valence-electron chi connectivity index (χ1n) is 8.47. The average molecular weight is 345 g/mol. The van der Waals surface area contributed by atoms with Gasteiger partial charge in [0.2, 0.25) is 0 Å². The molecule has 5 nitrogen and oxygen atoms in total. The molecule has 1 aromatic heterocycles.